The van der Waals surface area contributed by atoms with Crippen molar-refractivity contribution in [1.29, 1.82) is 5.26 Å². The number of hydrogen-bond acceptors (Lipinski definition) is 3. The van der Waals surface area contributed by atoms with Gasteiger partial charge in [-0.3, -0.25) is 5.32 Å². The fraction of sp³-hybridized carbons (Fsp3) is 0.944. The predicted molar refractivity (Wildman–Crippen MR) is 92.3 cm³/mol. The molecule has 0 aromatic carbocycles. The van der Waals surface area contributed by atoms with Crippen LogP contribution in [-0.4, -0.2) is 35.6 Å². The van der Waals surface area contributed by atoms with Crippen molar-refractivity contribution in [3.63, 3.8) is 0 Å². The average molecular weight is 296 g/mol. The molecule has 1 unspecified atom stereocenters. The van der Waals surface area contributed by atoms with Crippen LogP contribution in [0.15, 0.2) is 0 Å². The van der Waals surface area contributed by atoms with Crippen LogP contribution in [0, 0.1) is 17.2 Å². The van der Waals surface area contributed by atoms with Gasteiger partial charge in [-0.05, 0) is 58.9 Å². The molecule has 0 bridgehead atoms. The van der Waals surface area contributed by atoms with Crippen LogP contribution in [0.2, 0.25) is 0 Å². The highest BCUT2D eigenvalue weighted by molar-refractivity contribution is 5.04. The van der Waals surface area contributed by atoms with E-state index < -0.39 is 5.54 Å². The molecule has 1 atom stereocenters. The molecule has 0 aliphatic rings. The number of nitrogens with zero attached hydrogens (tertiary/aromatic N) is 2. The van der Waals surface area contributed by atoms with E-state index in [1.165, 1.54) is 12.8 Å². The van der Waals surface area contributed by atoms with E-state index in [1.54, 1.807) is 0 Å². The standard InChI is InChI=1S/C18H37N3/c1-8-17(9-2)21(13-15(3)4)12-10-11-18(7,14-19)20-16(5)6/h15-17,20H,8-13H2,1-7H3. The summed E-state index contributed by atoms with van der Waals surface area (Å²) in [7, 11) is 0. The topological polar surface area (TPSA) is 39.1 Å². The van der Waals surface area contributed by atoms with Crippen LogP contribution >= 0.6 is 0 Å². The van der Waals surface area contributed by atoms with Crippen LogP contribution in [0.5, 0.6) is 0 Å². The number of nitrogens with one attached hydrogen (secondary N) is 1. The zero-order valence-electron chi connectivity index (χ0n) is 15.4. The second-order valence-corrected chi connectivity index (χ2v) is 7.21. The van der Waals surface area contributed by atoms with E-state index in [0.29, 0.717) is 18.0 Å². The van der Waals surface area contributed by atoms with E-state index in [2.05, 4.69) is 57.8 Å². The summed E-state index contributed by atoms with van der Waals surface area (Å²) in [5.41, 5.74) is -0.397. The second-order valence-electron chi connectivity index (χ2n) is 7.21. The molecule has 21 heavy (non-hydrogen) atoms. The Bertz CT molecular complexity index is 302. The van der Waals surface area contributed by atoms with E-state index in [0.717, 1.165) is 25.9 Å². The summed E-state index contributed by atoms with van der Waals surface area (Å²) < 4.78 is 0. The molecule has 0 fully saturated rings. The van der Waals surface area contributed by atoms with Gasteiger partial charge in [-0.1, -0.05) is 27.7 Å². The van der Waals surface area contributed by atoms with Crippen molar-refractivity contribution >= 4 is 0 Å². The fourth-order valence-electron chi connectivity index (χ4n) is 3.13. The van der Waals surface area contributed by atoms with Gasteiger partial charge < -0.3 is 4.90 Å². The van der Waals surface area contributed by atoms with Gasteiger partial charge in [-0.25, -0.2) is 0 Å². The lowest BCUT2D eigenvalue weighted by Gasteiger charge is -2.33. The molecule has 0 saturated carbocycles. The zero-order valence-corrected chi connectivity index (χ0v) is 15.4. The first-order valence-corrected chi connectivity index (χ1v) is 8.70. The van der Waals surface area contributed by atoms with E-state index in [4.69, 9.17) is 0 Å². The Hall–Kier alpha value is -0.590. The molecule has 0 saturated heterocycles. The normalized spacial score (nSPS) is 15.0. The van der Waals surface area contributed by atoms with Gasteiger partial charge in [0.15, 0.2) is 0 Å². The molecule has 3 heteroatoms. The van der Waals surface area contributed by atoms with Crippen molar-refractivity contribution in [2.24, 2.45) is 5.92 Å². The first kappa shape index (κ1) is 20.4. The Morgan fingerprint density at radius 3 is 2.10 bits per heavy atom. The molecule has 3 nitrogen and oxygen atoms in total. The lowest BCUT2D eigenvalue weighted by Crippen LogP contribution is -2.46. The Morgan fingerprint density at radius 2 is 1.71 bits per heavy atom. The minimum absolute atomic E-state index is 0.348. The zero-order chi connectivity index (χ0) is 16.5. The van der Waals surface area contributed by atoms with Gasteiger partial charge in [0.2, 0.25) is 0 Å². The molecule has 0 rings (SSSR count). The molecule has 0 heterocycles. The number of nitriles is 1. The van der Waals surface area contributed by atoms with Crippen molar-refractivity contribution in [3.05, 3.63) is 0 Å². The van der Waals surface area contributed by atoms with Gasteiger partial charge >= 0.3 is 0 Å². The van der Waals surface area contributed by atoms with E-state index in [-0.39, 0.29) is 0 Å². The van der Waals surface area contributed by atoms with E-state index in [9.17, 15) is 5.26 Å². The molecule has 124 valence electrons. The van der Waals surface area contributed by atoms with Crippen molar-refractivity contribution in [2.45, 2.75) is 91.8 Å². The van der Waals surface area contributed by atoms with Crippen LogP contribution < -0.4 is 5.32 Å². The van der Waals surface area contributed by atoms with Crippen molar-refractivity contribution in [3.8, 4) is 6.07 Å². The average Bonchev–Trinajstić information content (AvgIpc) is 2.38. The van der Waals surface area contributed by atoms with Gasteiger partial charge in [0.1, 0.15) is 5.54 Å². The first-order chi connectivity index (χ1) is 9.77. The molecule has 0 aromatic rings. The molecule has 0 radical (unpaired) electrons. The summed E-state index contributed by atoms with van der Waals surface area (Å²) in [6.45, 7) is 17.6. The fourth-order valence-corrected chi connectivity index (χ4v) is 3.13. The summed E-state index contributed by atoms with van der Waals surface area (Å²) >= 11 is 0. The Kier molecular flexibility index (Phi) is 9.90. The third-order valence-corrected chi connectivity index (χ3v) is 4.03. The Balaban J connectivity index is 4.50. The van der Waals surface area contributed by atoms with Crippen LogP contribution in [-0.2, 0) is 0 Å². The number of hydrogen-bond donors (Lipinski definition) is 1. The maximum atomic E-state index is 9.42. The van der Waals surface area contributed by atoms with Crippen molar-refractivity contribution in [2.75, 3.05) is 13.1 Å². The summed E-state index contributed by atoms with van der Waals surface area (Å²) in [6, 6.07) is 3.48. The van der Waals surface area contributed by atoms with Crippen LogP contribution in [0.4, 0.5) is 0 Å². The van der Waals surface area contributed by atoms with Gasteiger partial charge in [-0.2, -0.15) is 5.26 Å². The summed E-state index contributed by atoms with van der Waals surface area (Å²) in [6.07, 6.45) is 4.41. The summed E-state index contributed by atoms with van der Waals surface area (Å²) in [5.74, 6) is 0.696. The van der Waals surface area contributed by atoms with Crippen LogP contribution in [0.25, 0.3) is 0 Å². The highest BCUT2D eigenvalue weighted by Gasteiger charge is 2.25. The molecule has 1 N–H and O–H groups in total. The monoisotopic (exact) mass is 295 g/mol. The molecule has 0 spiro atoms. The Morgan fingerprint density at radius 1 is 1.14 bits per heavy atom. The highest BCUT2D eigenvalue weighted by atomic mass is 15.2. The van der Waals surface area contributed by atoms with E-state index >= 15 is 0 Å². The third kappa shape index (κ3) is 8.44. The van der Waals surface area contributed by atoms with Crippen LogP contribution in [0.1, 0.15) is 74.1 Å². The predicted octanol–water partition coefficient (Wildman–Crippen LogP) is 4.19. The largest absolute Gasteiger partial charge is 0.300 e. The van der Waals surface area contributed by atoms with Crippen LogP contribution in [0.3, 0.4) is 0 Å². The smallest absolute Gasteiger partial charge is 0.104 e. The van der Waals surface area contributed by atoms with Gasteiger partial charge in [0, 0.05) is 18.6 Å². The lowest BCUT2D eigenvalue weighted by atomic mass is 9.96. The first-order valence-electron chi connectivity index (χ1n) is 8.70. The number of rotatable bonds is 11. The summed E-state index contributed by atoms with van der Waals surface area (Å²) in [5, 5.41) is 12.8. The second kappa shape index (κ2) is 10.2. The van der Waals surface area contributed by atoms with Crippen molar-refractivity contribution < 1.29 is 0 Å². The summed E-state index contributed by atoms with van der Waals surface area (Å²) in [4.78, 5) is 2.62. The Labute approximate surface area is 133 Å². The maximum absolute atomic E-state index is 9.42. The quantitative estimate of drug-likeness (QED) is 0.621. The van der Waals surface area contributed by atoms with E-state index in [1.807, 2.05) is 6.92 Å². The molecule has 0 aliphatic heterocycles. The molecule has 0 aliphatic carbocycles. The van der Waals surface area contributed by atoms with Gasteiger partial charge in [0.25, 0.3) is 0 Å². The SMILES string of the molecule is CCC(CC)N(CCCC(C)(C#N)NC(C)C)CC(C)C. The minimum Gasteiger partial charge on any atom is -0.300 e. The van der Waals surface area contributed by atoms with Gasteiger partial charge in [0.05, 0.1) is 6.07 Å². The maximum Gasteiger partial charge on any atom is 0.104 e. The van der Waals surface area contributed by atoms with Crippen molar-refractivity contribution in [1.82, 2.24) is 10.2 Å². The molecule has 0 amide bonds. The molecular formula is C18H37N3. The minimum atomic E-state index is -0.397. The molecular weight excluding hydrogens is 258 g/mol. The van der Waals surface area contributed by atoms with Gasteiger partial charge in [-0.15, -0.1) is 0 Å². The lowest BCUT2D eigenvalue weighted by molar-refractivity contribution is 0.159. The third-order valence-electron chi connectivity index (χ3n) is 4.03. The molecule has 0 aromatic heterocycles. The highest BCUT2D eigenvalue weighted by Crippen LogP contribution is 2.17.